The van der Waals surface area contributed by atoms with Crippen LogP contribution in [0.25, 0.3) is 0 Å². The monoisotopic (exact) mass is 357 g/mol. The molecule has 0 radical (unpaired) electrons. The molecule has 0 unspecified atom stereocenters. The van der Waals surface area contributed by atoms with Crippen LogP contribution in [0.5, 0.6) is 5.75 Å². The highest BCUT2D eigenvalue weighted by atomic mass is 16.6. The third kappa shape index (κ3) is 2.43. The standard InChI is InChI=1S/C20H23NO5/c1-12(2)10-25-19(23)16-15-8-9-20(26-15)11-21(18(22)17(16)20)13-6-4-5-7-14(13)24-3/h4-9,12,15-17H,10-11H2,1-3H3/t15-,16+,17-,20-/m0/s1. The molecule has 0 aromatic heterocycles. The number of carbonyl (C=O) groups is 2. The minimum atomic E-state index is -0.760. The van der Waals surface area contributed by atoms with Crippen LogP contribution in [-0.2, 0) is 19.1 Å². The van der Waals surface area contributed by atoms with Crippen LogP contribution in [0.3, 0.4) is 0 Å². The number of carbonyl (C=O) groups excluding carboxylic acids is 2. The van der Waals surface area contributed by atoms with Gasteiger partial charge in [0.15, 0.2) is 0 Å². The van der Waals surface area contributed by atoms with E-state index in [-0.39, 0.29) is 23.9 Å². The number of para-hydroxylation sites is 2. The highest BCUT2D eigenvalue weighted by molar-refractivity contribution is 6.03. The van der Waals surface area contributed by atoms with Gasteiger partial charge in [-0.1, -0.05) is 38.1 Å². The Labute approximate surface area is 152 Å². The zero-order valence-electron chi connectivity index (χ0n) is 15.2. The van der Waals surface area contributed by atoms with Crippen molar-refractivity contribution >= 4 is 17.6 Å². The Morgan fingerprint density at radius 2 is 2.15 bits per heavy atom. The molecule has 0 aliphatic carbocycles. The van der Waals surface area contributed by atoms with Gasteiger partial charge in [-0.25, -0.2) is 0 Å². The quantitative estimate of drug-likeness (QED) is 0.597. The second kappa shape index (κ2) is 6.13. The van der Waals surface area contributed by atoms with Crippen molar-refractivity contribution in [1.82, 2.24) is 0 Å². The number of hydrogen-bond acceptors (Lipinski definition) is 5. The second-order valence-electron chi connectivity index (χ2n) is 7.52. The van der Waals surface area contributed by atoms with Gasteiger partial charge in [0.05, 0.1) is 38.0 Å². The zero-order chi connectivity index (χ0) is 18.5. The van der Waals surface area contributed by atoms with E-state index in [9.17, 15) is 9.59 Å². The van der Waals surface area contributed by atoms with Gasteiger partial charge in [-0.15, -0.1) is 0 Å². The molecule has 6 heteroatoms. The molecular weight excluding hydrogens is 334 g/mol. The Bertz CT molecular complexity index is 773. The molecule has 3 aliphatic rings. The van der Waals surface area contributed by atoms with E-state index < -0.39 is 17.4 Å². The Balaban J connectivity index is 1.64. The van der Waals surface area contributed by atoms with E-state index in [4.69, 9.17) is 14.2 Å². The lowest BCUT2D eigenvalue weighted by Gasteiger charge is -2.23. The molecule has 138 valence electrons. The number of fused-ring (bicyclic) bond motifs is 1. The molecule has 2 bridgehead atoms. The van der Waals surface area contributed by atoms with Crippen molar-refractivity contribution in [2.45, 2.75) is 25.6 Å². The second-order valence-corrected chi connectivity index (χ2v) is 7.52. The molecule has 1 amide bonds. The number of benzene rings is 1. The highest BCUT2D eigenvalue weighted by Crippen LogP contribution is 2.53. The first-order chi connectivity index (χ1) is 12.5. The summed E-state index contributed by atoms with van der Waals surface area (Å²) in [5, 5.41) is 0. The van der Waals surface area contributed by atoms with Crippen LogP contribution < -0.4 is 9.64 Å². The van der Waals surface area contributed by atoms with Crippen molar-refractivity contribution in [1.29, 1.82) is 0 Å². The Hall–Kier alpha value is -2.34. The van der Waals surface area contributed by atoms with Crippen LogP contribution in [0.2, 0.25) is 0 Å². The minimum absolute atomic E-state index is 0.118. The lowest BCUT2D eigenvalue weighted by molar-refractivity contribution is -0.153. The molecule has 3 aliphatic heterocycles. The van der Waals surface area contributed by atoms with E-state index in [1.807, 2.05) is 50.3 Å². The number of anilines is 1. The van der Waals surface area contributed by atoms with Gasteiger partial charge in [-0.05, 0) is 18.1 Å². The van der Waals surface area contributed by atoms with Gasteiger partial charge in [-0.3, -0.25) is 9.59 Å². The maximum Gasteiger partial charge on any atom is 0.312 e. The zero-order valence-corrected chi connectivity index (χ0v) is 15.2. The van der Waals surface area contributed by atoms with Crippen molar-refractivity contribution in [3.63, 3.8) is 0 Å². The molecule has 0 N–H and O–H groups in total. The fraction of sp³-hybridized carbons (Fsp3) is 0.500. The Kier molecular flexibility index (Phi) is 4.03. The van der Waals surface area contributed by atoms with E-state index in [0.29, 0.717) is 24.6 Å². The molecule has 1 aromatic rings. The van der Waals surface area contributed by atoms with E-state index in [1.54, 1.807) is 12.0 Å². The SMILES string of the molecule is COc1ccccc1N1C[C@]23C=C[C@H](O2)[C@@H](C(=O)OCC(C)C)[C@H]3C1=O. The predicted octanol–water partition coefficient (Wildman–Crippen LogP) is 2.18. The van der Waals surface area contributed by atoms with Crippen LogP contribution >= 0.6 is 0 Å². The smallest absolute Gasteiger partial charge is 0.312 e. The molecule has 4 rings (SSSR count). The van der Waals surface area contributed by atoms with Crippen molar-refractivity contribution in [3.05, 3.63) is 36.4 Å². The molecule has 2 fully saturated rings. The van der Waals surface area contributed by atoms with Crippen molar-refractivity contribution < 1.29 is 23.8 Å². The third-order valence-electron chi connectivity index (χ3n) is 5.31. The largest absolute Gasteiger partial charge is 0.495 e. The number of esters is 1. The summed E-state index contributed by atoms with van der Waals surface area (Å²) in [6, 6.07) is 7.38. The number of amides is 1. The Morgan fingerprint density at radius 1 is 1.38 bits per heavy atom. The molecule has 26 heavy (non-hydrogen) atoms. The summed E-state index contributed by atoms with van der Waals surface area (Å²) in [4.78, 5) is 27.6. The number of hydrogen-bond donors (Lipinski definition) is 0. The Morgan fingerprint density at radius 3 is 2.88 bits per heavy atom. The molecular formula is C20H23NO5. The third-order valence-corrected chi connectivity index (χ3v) is 5.31. The molecule has 0 saturated carbocycles. The number of methoxy groups -OCH3 is 1. The average Bonchev–Trinajstić information content (AvgIpc) is 3.28. The lowest BCUT2D eigenvalue weighted by atomic mass is 9.77. The van der Waals surface area contributed by atoms with Crippen LogP contribution in [0.15, 0.2) is 36.4 Å². The van der Waals surface area contributed by atoms with Crippen LogP contribution in [0.4, 0.5) is 5.69 Å². The lowest BCUT2D eigenvalue weighted by Crippen LogP contribution is -2.40. The van der Waals surface area contributed by atoms with Gasteiger partial charge < -0.3 is 19.1 Å². The van der Waals surface area contributed by atoms with Gasteiger partial charge in [0.1, 0.15) is 17.3 Å². The van der Waals surface area contributed by atoms with E-state index >= 15 is 0 Å². The average molecular weight is 357 g/mol. The van der Waals surface area contributed by atoms with E-state index in [1.165, 1.54) is 0 Å². The normalized spacial score (nSPS) is 31.6. The predicted molar refractivity (Wildman–Crippen MR) is 94.9 cm³/mol. The van der Waals surface area contributed by atoms with Crippen molar-refractivity contribution in [2.75, 3.05) is 25.2 Å². The van der Waals surface area contributed by atoms with Gasteiger partial charge in [0, 0.05) is 0 Å². The summed E-state index contributed by atoms with van der Waals surface area (Å²) in [6.45, 7) is 4.68. The number of ether oxygens (including phenoxy) is 3. The molecule has 1 aromatic carbocycles. The summed E-state index contributed by atoms with van der Waals surface area (Å²) in [7, 11) is 1.58. The topological polar surface area (TPSA) is 65.1 Å². The van der Waals surface area contributed by atoms with E-state index in [2.05, 4.69) is 0 Å². The maximum absolute atomic E-state index is 13.2. The molecule has 4 atom stereocenters. The van der Waals surface area contributed by atoms with E-state index in [0.717, 1.165) is 0 Å². The van der Waals surface area contributed by atoms with Crippen LogP contribution in [0, 0.1) is 17.8 Å². The maximum atomic E-state index is 13.2. The van der Waals surface area contributed by atoms with Crippen molar-refractivity contribution in [3.8, 4) is 5.75 Å². The fourth-order valence-corrected chi connectivity index (χ4v) is 4.17. The molecule has 6 nitrogen and oxygen atoms in total. The first kappa shape index (κ1) is 17.1. The number of rotatable bonds is 5. The number of nitrogens with zero attached hydrogens (tertiary/aromatic N) is 1. The first-order valence-electron chi connectivity index (χ1n) is 8.95. The van der Waals surface area contributed by atoms with Crippen molar-refractivity contribution in [2.24, 2.45) is 17.8 Å². The van der Waals surface area contributed by atoms with Gasteiger partial charge in [-0.2, -0.15) is 0 Å². The summed E-state index contributed by atoms with van der Waals surface area (Å²) in [6.07, 6.45) is 3.43. The fourth-order valence-electron chi connectivity index (χ4n) is 4.17. The molecule has 3 heterocycles. The van der Waals surface area contributed by atoms with Gasteiger partial charge >= 0.3 is 5.97 Å². The minimum Gasteiger partial charge on any atom is -0.495 e. The molecule has 1 spiro atoms. The van der Waals surface area contributed by atoms with Gasteiger partial charge in [0.2, 0.25) is 5.91 Å². The van der Waals surface area contributed by atoms with Gasteiger partial charge in [0.25, 0.3) is 0 Å². The summed E-state index contributed by atoms with van der Waals surface area (Å²) in [5.74, 6) is -0.752. The van der Waals surface area contributed by atoms with Crippen LogP contribution in [-0.4, -0.2) is 43.8 Å². The first-order valence-corrected chi connectivity index (χ1v) is 8.95. The highest BCUT2D eigenvalue weighted by Gasteiger charge is 2.67. The molecule has 2 saturated heterocycles. The van der Waals surface area contributed by atoms with Crippen LogP contribution in [0.1, 0.15) is 13.8 Å². The summed E-state index contributed by atoms with van der Waals surface area (Å²) >= 11 is 0. The summed E-state index contributed by atoms with van der Waals surface area (Å²) < 4.78 is 16.9. The summed E-state index contributed by atoms with van der Waals surface area (Å²) in [5.41, 5.74) is -0.0667.